The Morgan fingerprint density at radius 3 is 2.83 bits per heavy atom. The highest BCUT2D eigenvalue weighted by Crippen LogP contribution is 2.16. The van der Waals surface area contributed by atoms with E-state index in [2.05, 4.69) is 21.2 Å². The Bertz CT molecular complexity index is 580. The van der Waals surface area contributed by atoms with E-state index in [0.717, 1.165) is 5.56 Å². The Hall–Kier alpha value is -1.62. The second kappa shape index (κ2) is 5.35. The Labute approximate surface area is 113 Å². The van der Waals surface area contributed by atoms with Gasteiger partial charge in [0.2, 0.25) is 0 Å². The standard InChI is InChI=1S/C13H12BrFN2O/c1-17-5-4-9(8-17)7-16-13(18)10-2-3-11(14)12(15)6-10/h2-6,8H,7H2,1H3,(H,16,18). The average molecular weight is 311 g/mol. The maximum atomic E-state index is 13.3. The van der Waals surface area contributed by atoms with E-state index in [1.807, 2.05) is 30.1 Å². The molecule has 0 aliphatic carbocycles. The number of halogens is 2. The van der Waals surface area contributed by atoms with Crippen LogP contribution < -0.4 is 5.32 Å². The van der Waals surface area contributed by atoms with Crippen molar-refractivity contribution in [2.75, 3.05) is 0 Å². The van der Waals surface area contributed by atoms with Crippen molar-refractivity contribution in [1.29, 1.82) is 0 Å². The molecule has 1 aromatic carbocycles. The number of nitrogens with zero attached hydrogens (tertiary/aromatic N) is 1. The fourth-order valence-corrected chi connectivity index (χ4v) is 1.83. The van der Waals surface area contributed by atoms with Crippen molar-refractivity contribution in [2.24, 2.45) is 7.05 Å². The first-order valence-corrected chi connectivity index (χ1v) is 6.19. The summed E-state index contributed by atoms with van der Waals surface area (Å²) < 4.78 is 15.5. The number of aromatic nitrogens is 1. The number of carbonyl (C=O) groups excluding carboxylic acids is 1. The number of nitrogens with one attached hydrogen (secondary N) is 1. The molecule has 3 nitrogen and oxygen atoms in total. The van der Waals surface area contributed by atoms with Crippen molar-refractivity contribution < 1.29 is 9.18 Å². The zero-order valence-electron chi connectivity index (χ0n) is 9.78. The molecule has 1 amide bonds. The molecule has 0 spiro atoms. The maximum Gasteiger partial charge on any atom is 0.251 e. The predicted octanol–water partition coefficient (Wildman–Crippen LogP) is 2.86. The highest BCUT2D eigenvalue weighted by molar-refractivity contribution is 9.10. The van der Waals surface area contributed by atoms with E-state index in [9.17, 15) is 9.18 Å². The van der Waals surface area contributed by atoms with Crippen LogP contribution in [0.2, 0.25) is 0 Å². The molecule has 5 heteroatoms. The van der Waals surface area contributed by atoms with Gasteiger partial charge in [0.1, 0.15) is 5.82 Å². The molecule has 2 rings (SSSR count). The first kappa shape index (κ1) is 12.8. The van der Waals surface area contributed by atoms with Gasteiger partial charge in [0.15, 0.2) is 0 Å². The number of benzene rings is 1. The number of rotatable bonds is 3. The molecule has 0 atom stereocenters. The minimum atomic E-state index is -0.442. The molecule has 0 bridgehead atoms. The van der Waals surface area contributed by atoms with Gasteiger partial charge >= 0.3 is 0 Å². The van der Waals surface area contributed by atoms with Gasteiger partial charge in [-0.25, -0.2) is 4.39 Å². The summed E-state index contributed by atoms with van der Waals surface area (Å²) in [4.78, 5) is 11.8. The van der Waals surface area contributed by atoms with Crippen LogP contribution in [0.15, 0.2) is 41.1 Å². The van der Waals surface area contributed by atoms with Crippen LogP contribution in [0.5, 0.6) is 0 Å². The van der Waals surface area contributed by atoms with Crippen molar-refractivity contribution >= 4 is 21.8 Å². The van der Waals surface area contributed by atoms with Crippen LogP contribution in [0.1, 0.15) is 15.9 Å². The van der Waals surface area contributed by atoms with Crippen LogP contribution in [0.4, 0.5) is 4.39 Å². The van der Waals surface area contributed by atoms with E-state index < -0.39 is 5.82 Å². The molecule has 0 fully saturated rings. The lowest BCUT2D eigenvalue weighted by atomic mass is 10.2. The third kappa shape index (κ3) is 2.98. The minimum Gasteiger partial charge on any atom is -0.357 e. The van der Waals surface area contributed by atoms with Crippen LogP contribution in [-0.2, 0) is 13.6 Å². The molecular weight excluding hydrogens is 299 g/mol. The summed E-state index contributed by atoms with van der Waals surface area (Å²) in [6, 6.07) is 6.23. The molecule has 18 heavy (non-hydrogen) atoms. The number of carbonyl (C=O) groups is 1. The first-order chi connectivity index (χ1) is 8.56. The molecule has 1 heterocycles. The molecule has 0 unspecified atom stereocenters. The van der Waals surface area contributed by atoms with Gasteiger partial charge < -0.3 is 9.88 Å². The van der Waals surface area contributed by atoms with Gasteiger partial charge in [-0.15, -0.1) is 0 Å². The molecule has 0 aliphatic rings. The number of hydrogen-bond donors (Lipinski definition) is 1. The average Bonchev–Trinajstić information content (AvgIpc) is 2.75. The second-order valence-corrected chi connectivity index (χ2v) is 4.85. The number of aryl methyl sites for hydroxylation is 1. The van der Waals surface area contributed by atoms with Gasteiger partial charge in [-0.05, 0) is 45.8 Å². The lowest BCUT2D eigenvalue weighted by Crippen LogP contribution is -2.22. The normalized spacial score (nSPS) is 10.4. The molecule has 0 saturated carbocycles. The van der Waals surface area contributed by atoms with Crippen LogP contribution >= 0.6 is 15.9 Å². The van der Waals surface area contributed by atoms with E-state index in [-0.39, 0.29) is 5.91 Å². The van der Waals surface area contributed by atoms with Gasteiger partial charge in [-0.3, -0.25) is 4.79 Å². The van der Waals surface area contributed by atoms with Gasteiger partial charge in [-0.2, -0.15) is 0 Å². The van der Waals surface area contributed by atoms with E-state index in [1.165, 1.54) is 12.1 Å². The summed E-state index contributed by atoms with van der Waals surface area (Å²) in [5.41, 5.74) is 1.31. The third-order valence-corrected chi connectivity index (χ3v) is 3.17. The van der Waals surface area contributed by atoms with Crippen LogP contribution in [0, 0.1) is 5.82 Å². The summed E-state index contributed by atoms with van der Waals surface area (Å²) in [6.07, 6.45) is 3.82. The smallest absolute Gasteiger partial charge is 0.251 e. The van der Waals surface area contributed by atoms with E-state index in [1.54, 1.807) is 6.07 Å². The SMILES string of the molecule is Cn1ccc(CNC(=O)c2ccc(Br)c(F)c2)c1. The van der Waals surface area contributed by atoms with Gasteiger partial charge in [0.05, 0.1) is 4.47 Å². The topological polar surface area (TPSA) is 34.0 Å². The zero-order valence-corrected chi connectivity index (χ0v) is 11.4. The van der Waals surface area contributed by atoms with Gasteiger partial charge in [0.25, 0.3) is 5.91 Å². The highest BCUT2D eigenvalue weighted by Gasteiger charge is 2.08. The lowest BCUT2D eigenvalue weighted by Gasteiger charge is -2.04. The number of amides is 1. The Kier molecular flexibility index (Phi) is 3.81. The zero-order chi connectivity index (χ0) is 13.1. The molecule has 0 radical (unpaired) electrons. The lowest BCUT2D eigenvalue weighted by molar-refractivity contribution is 0.0950. The van der Waals surface area contributed by atoms with E-state index in [0.29, 0.717) is 16.6 Å². The molecule has 94 valence electrons. The minimum absolute atomic E-state index is 0.287. The van der Waals surface area contributed by atoms with E-state index >= 15 is 0 Å². The van der Waals surface area contributed by atoms with Crippen molar-refractivity contribution in [3.63, 3.8) is 0 Å². The van der Waals surface area contributed by atoms with Crippen LogP contribution in [-0.4, -0.2) is 10.5 Å². The fourth-order valence-electron chi connectivity index (χ4n) is 1.59. The Balaban J connectivity index is 2.01. The number of hydrogen-bond acceptors (Lipinski definition) is 1. The summed E-state index contributed by atoms with van der Waals surface area (Å²) in [6.45, 7) is 0.428. The van der Waals surface area contributed by atoms with Crippen LogP contribution in [0.25, 0.3) is 0 Å². The van der Waals surface area contributed by atoms with Crippen molar-refractivity contribution in [1.82, 2.24) is 9.88 Å². The van der Waals surface area contributed by atoms with Crippen molar-refractivity contribution in [3.8, 4) is 0 Å². The summed E-state index contributed by atoms with van der Waals surface area (Å²) in [7, 11) is 1.91. The molecule has 2 aromatic rings. The third-order valence-electron chi connectivity index (χ3n) is 2.53. The summed E-state index contributed by atoms with van der Waals surface area (Å²) in [5.74, 6) is -0.729. The quantitative estimate of drug-likeness (QED) is 0.929. The fraction of sp³-hybridized carbons (Fsp3) is 0.154. The largest absolute Gasteiger partial charge is 0.357 e. The monoisotopic (exact) mass is 310 g/mol. The van der Waals surface area contributed by atoms with Crippen molar-refractivity contribution in [3.05, 3.63) is 58.1 Å². The molecule has 1 N–H and O–H groups in total. The van der Waals surface area contributed by atoms with E-state index in [4.69, 9.17) is 0 Å². The molecule has 1 aromatic heterocycles. The Morgan fingerprint density at radius 1 is 1.44 bits per heavy atom. The second-order valence-electron chi connectivity index (χ2n) is 4.00. The highest BCUT2D eigenvalue weighted by atomic mass is 79.9. The molecular formula is C13H12BrFN2O. The Morgan fingerprint density at radius 2 is 2.22 bits per heavy atom. The summed E-state index contributed by atoms with van der Waals surface area (Å²) >= 11 is 3.05. The maximum absolute atomic E-state index is 13.3. The van der Waals surface area contributed by atoms with Crippen LogP contribution in [0.3, 0.4) is 0 Å². The molecule has 0 aliphatic heterocycles. The molecule has 0 saturated heterocycles. The van der Waals surface area contributed by atoms with Gasteiger partial charge in [-0.1, -0.05) is 0 Å². The summed E-state index contributed by atoms with van der Waals surface area (Å²) in [5, 5.41) is 2.74. The van der Waals surface area contributed by atoms with Crippen molar-refractivity contribution in [2.45, 2.75) is 6.54 Å². The first-order valence-electron chi connectivity index (χ1n) is 5.40. The predicted molar refractivity (Wildman–Crippen MR) is 70.7 cm³/mol. The van der Waals surface area contributed by atoms with Gasteiger partial charge in [0, 0.05) is 31.5 Å².